The molecule has 3 heteroatoms. The predicted octanol–water partition coefficient (Wildman–Crippen LogP) is 4.35. The molecule has 0 saturated carbocycles. The maximum absolute atomic E-state index is 5.71. The fourth-order valence-corrected chi connectivity index (χ4v) is 2.39. The van der Waals surface area contributed by atoms with E-state index in [1.807, 2.05) is 36.4 Å². The van der Waals surface area contributed by atoms with Crippen molar-refractivity contribution in [1.82, 2.24) is 0 Å². The van der Waals surface area contributed by atoms with Gasteiger partial charge in [0.05, 0.1) is 23.7 Å². The monoisotopic (exact) mass is 290 g/mol. The molecule has 2 rings (SSSR count). The molecule has 2 unspecified atom stereocenters. The van der Waals surface area contributed by atoms with Crippen molar-refractivity contribution in [3.63, 3.8) is 0 Å². The van der Waals surface area contributed by atoms with Crippen LogP contribution in [0.5, 0.6) is 0 Å². The van der Waals surface area contributed by atoms with E-state index >= 15 is 0 Å². The van der Waals surface area contributed by atoms with Crippen molar-refractivity contribution in [3.05, 3.63) is 71.8 Å². The predicted molar refractivity (Wildman–Crippen MR) is 87.2 cm³/mol. The Morgan fingerprint density at radius 2 is 1.05 bits per heavy atom. The van der Waals surface area contributed by atoms with Crippen LogP contribution in [0, 0.1) is 0 Å². The first kappa shape index (κ1) is 14.5. The minimum atomic E-state index is 0.109. The lowest BCUT2D eigenvalue weighted by Crippen LogP contribution is -2.07. The Bertz CT molecular complexity index is 427. The van der Waals surface area contributed by atoms with Gasteiger partial charge < -0.3 is 4.74 Å². The molecule has 0 aliphatic heterocycles. The second-order valence-corrected chi connectivity index (χ2v) is 5.64. The van der Waals surface area contributed by atoms with Gasteiger partial charge in [-0.05, 0) is 11.1 Å². The Balaban J connectivity index is 1.78. The topological polar surface area (TPSA) is 9.23 Å². The zero-order valence-corrected chi connectivity index (χ0v) is 12.4. The summed E-state index contributed by atoms with van der Waals surface area (Å²) in [5, 5.41) is 0.218. The summed E-state index contributed by atoms with van der Waals surface area (Å²) < 4.78 is 5.71. The minimum Gasteiger partial charge on any atom is -0.378 e. The molecule has 2 atom stereocenters. The lowest BCUT2D eigenvalue weighted by Gasteiger charge is -2.15. The van der Waals surface area contributed by atoms with Gasteiger partial charge in [-0.25, -0.2) is 0 Å². The van der Waals surface area contributed by atoms with Crippen LogP contribution < -0.4 is 0 Å². The van der Waals surface area contributed by atoms with Crippen LogP contribution in [0.2, 0.25) is 0 Å². The van der Waals surface area contributed by atoms with E-state index in [4.69, 9.17) is 4.74 Å². The molecule has 0 heterocycles. The van der Waals surface area contributed by atoms with Crippen molar-refractivity contribution in [1.29, 1.82) is 0 Å². The van der Waals surface area contributed by atoms with E-state index < -0.39 is 0 Å². The molecule has 100 valence electrons. The van der Waals surface area contributed by atoms with Crippen molar-refractivity contribution < 1.29 is 4.74 Å². The van der Waals surface area contributed by atoms with Crippen LogP contribution in [0.4, 0.5) is 0 Å². The third kappa shape index (κ3) is 4.60. The zero-order chi connectivity index (χ0) is 13.5. The number of benzene rings is 2. The van der Waals surface area contributed by atoms with Crippen LogP contribution in [0.25, 0.3) is 0 Å². The van der Waals surface area contributed by atoms with E-state index in [9.17, 15) is 0 Å². The smallest absolute Gasteiger partial charge is 0.0624 e. The number of hydrogen-bond donors (Lipinski definition) is 2. The number of rotatable bonds is 6. The summed E-state index contributed by atoms with van der Waals surface area (Å²) in [6, 6.07) is 20.3. The molecule has 0 aliphatic carbocycles. The van der Waals surface area contributed by atoms with Crippen LogP contribution in [0.15, 0.2) is 60.7 Å². The lowest BCUT2D eigenvalue weighted by molar-refractivity contribution is 0.137. The second kappa shape index (κ2) is 7.63. The fraction of sp³-hybridized carbons (Fsp3) is 0.250. The Labute approximate surface area is 125 Å². The van der Waals surface area contributed by atoms with Crippen molar-refractivity contribution >= 4 is 25.3 Å². The summed E-state index contributed by atoms with van der Waals surface area (Å²) in [4.78, 5) is 0. The quantitative estimate of drug-likeness (QED) is 0.752. The van der Waals surface area contributed by atoms with E-state index in [0.29, 0.717) is 13.2 Å². The molecule has 0 fully saturated rings. The van der Waals surface area contributed by atoms with Crippen molar-refractivity contribution in [2.45, 2.75) is 10.5 Å². The molecule has 2 aromatic carbocycles. The van der Waals surface area contributed by atoms with Gasteiger partial charge in [0.15, 0.2) is 0 Å². The summed E-state index contributed by atoms with van der Waals surface area (Å²) in [7, 11) is 0. The highest BCUT2D eigenvalue weighted by molar-refractivity contribution is 7.80. The van der Waals surface area contributed by atoms with E-state index in [1.165, 1.54) is 11.1 Å². The first-order valence-corrected chi connectivity index (χ1v) is 7.34. The Kier molecular flexibility index (Phi) is 5.83. The Morgan fingerprint density at radius 1 is 0.684 bits per heavy atom. The molecule has 0 bridgehead atoms. The van der Waals surface area contributed by atoms with Crippen LogP contribution in [0.3, 0.4) is 0 Å². The van der Waals surface area contributed by atoms with Gasteiger partial charge in [0.2, 0.25) is 0 Å². The van der Waals surface area contributed by atoms with Crippen LogP contribution in [0.1, 0.15) is 21.6 Å². The van der Waals surface area contributed by atoms with Gasteiger partial charge in [-0.15, -0.1) is 0 Å². The molecule has 0 aliphatic rings. The zero-order valence-electron chi connectivity index (χ0n) is 10.6. The Hall–Kier alpha value is -0.900. The molecule has 0 spiro atoms. The van der Waals surface area contributed by atoms with Gasteiger partial charge in [-0.3, -0.25) is 0 Å². The van der Waals surface area contributed by atoms with Crippen LogP contribution >= 0.6 is 25.3 Å². The molecular weight excluding hydrogens is 272 g/mol. The molecule has 0 saturated heterocycles. The number of ether oxygens (including phenoxy) is 1. The highest BCUT2D eigenvalue weighted by Gasteiger charge is 2.09. The standard InChI is InChI=1S/C16H18OS2/c18-15(13-7-3-1-4-8-13)11-17-12-16(19)14-9-5-2-6-10-14/h1-10,15-16,18-19H,11-12H2. The normalized spacial score (nSPS) is 14.0. The van der Waals surface area contributed by atoms with E-state index in [0.717, 1.165) is 0 Å². The number of hydrogen-bond acceptors (Lipinski definition) is 3. The SMILES string of the molecule is SC(COCC(S)c1ccccc1)c1ccccc1. The van der Waals surface area contributed by atoms with E-state index in [-0.39, 0.29) is 10.5 Å². The highest BCUT2D eigenvalue weighted by atomic mass is 32.1. The number of thiol groups is 2. The summed E-state index contributed by atoms with van der Waals surface area (Å²) >= 11 is 9.12. The van der Waals surface area contributed by atoms with Crippen LogP contribution in [-0.4, -0.2) is 13.2 Å². The van der Waals surface area contributed by atoms with Gasteiger partial charge >= 0.3 is 0 Å². The third-order valence-electron chi connectivity index (χ3n) is 2.92. The van der Waals surface area contributed by atoms with Crippen molar-refractivity contribution in [2.24, 2.45) is 0 Å². The first-order chi connectivity index (χ1) is 9.27. The molecule has 0 aromatic heterocycles. The van der Waals surface area contributed by atoms with Crippen molar-refractivity contribution in [2.75, 3.05) is 13.2 Å². The molecule has 1 nitrogen and oxygen atoms in total. The summed E-state index contributed by atoms with van der Waals surface area (Å²) in [5.41, 5.74) is 2.36. The Morgan fingerprint density at radius 3 is 1.42 bits per heavy atom. The summed E-state index contributed by atoms with van der Waals surface area (Å²) in [6.07, 6.45) is 0. The van der Waals surface area contributed by atoms with E-state index in [1.54, 1.807) is 0 Å². The average Bonchev–Trinajstić information content (AvgIpc) is 2.49. The fourth-order valence-electron chi connectivity index (χ4n) is 1.83. The van der Waals surface area contributed by atoms with Gasteiger partial charge in [0, 0.05) is 0 Å². The summed E-state index contributed by atoms with van der Waals surface area (Å²) in [6.45, 7) is 1.19. The van der Waals surface area contributed by atoms with Crippen molar-refractivity contribution in [3.8, 4) is 0 Å². The summed E-state index contributed by atoms with van der Waals surface area (Å²) in [5.74, 6) is 0. The van der Waals surface area contributed by atoms with Crippen LogP contribution in [-0.2, 0) is 4.74 Å². The molecule has 0 N–H and O–H groups in total. The lowest BCUT2D eigenvalue weighted by atomic mass is 10.1. The maximum Gasteiger partial charge on any atom is 0.0624 e. The third-order valence-corrected chi connectivity index (χ3v) is 3.81. The molecule has 19 heavy (non-hydrogen) atoms. The average molecular weight is 290 g/mol. The van der Waals surface area contributed by atoms with Gasteiger partial charge in [0.25, 0.3) is 0 Å². The highest BCUT2D eigenvalue weighted by Crippen LogP contribution is 2.23. The second-order valence-electron chi connectivity index (χ2n) is 4.39. The van der Waals surface area contributed by atoms with Gasteiger partial charge in [0.1, 0.15) is 0 Å². The van der Waals surface area contributed by atoms with E-state index in [2.05, 4.69) is 49.5 Å². The minimum absolute atomic E-state index is 0.109. The largest absolute Gasteiger partial charge is 0.378 e. The molecule has 2 aromatic rings. The first-order valence-electron chi connectivity index (χ1n) is 6.31. The maximum atomic E-state index is 5.71. The van der Waals surface area contributed by atoms with Gasteiger partial charge in [-0.1, -0.05) is 60.7 Å². The molecule has 0 radical (unpaired) electrons. The van der Waals surface area contributed by atoms with Gasteiger partial charge in [-0.2, -0.15) is 25.3 Å². The molecular formula is C16H18OS2. The molecule has 0 amide bonds.